The summed E-state index contributed by atoms with van der Waals surface area (Å²) in [5.74, 6) is 0. The lowest BCUT2D eigenvalue weighted by Gasteiger charge is -2.29. The fourth-order valence-corrected chi connectivity index (χ4v) is 2.77. The number of carbonyl (C=O) groups is 1. The van der Waals surface area contributed by atoms with Gasteiger partial charge in [-0.3, -0.25) is 0 Å². The highest BCUT2D eigenvalue weighted by Crippen LogP contribution is 2.53. The van der Waals surface area contributed by atoms with Gasteiger partial charge in [0.25, 0.3) is 0 Å². The first-order valence-corrected chi connectivity index (χ1v) is 6.73. The minimum absolute atomic E-state index is 0.0899. The molecule has 0 saturated heterocycles. The number of aromatic nitrogens is 1. The van der Waals surface area contributed by atoms with Gasteiger partial charge >= 0.3 is 6.09 Å². The molecule has 18 heavy (non-hydrogen) atoms. The van der Waals surface area contributed by atoms with Gasteiger partial charge in [0, 0.05) is 11.6 Å². The van der Waals surface area contributed by atoms with Crippen molar-refractivity contribution in [2.45, 2.75) is 44.1 Å². The first-order valence-electron chi connectivity index (χ1n) is 5.94. The first-order chi connectivity index (χ1) is 8.33. The number of amides is 1. The van der Waals surface area contributed by atoms with Gasteiger partial charge in [0.15, 0.2) is 0 Å². The van der Waals surface area contributed by atoms with E-state index in [1.165, 1.54) is 5.56 Å². The normalized spacial score (nSPS) is 17.3. The van der Waals surface area contributed by atoms with E-state index in [1.54, 1.807) is 0 Å². The zero-order valence-corrected chi connectivity index (χ0v) is 12.2. The van der Waals surface area contributed by atoms with Crippen LogP contribution in [0.15, 0.2) is 22.9 Å². The van der Waals surface area contributed by atoms with Crippen molar-refractivity contribution in [1.29, 1.82) is 0 Å². The molecule has 1 saturated carbocycles. The maximum absolute atomic E-state index is 10.9. The quantitative estimate of drug-likeness (QED) is 0.869. The molecule has 1 aliphatic rings. The Morgan fingerprint density at radius 2 is 2.22 bits per heavy atom. The van der Waals surface area contributed by atoms with Crippen LogP contribution in [-0.4, -0.2) is 16.7 Å². The highest BCUT2D eigenvalue weighted by Gasteiger charge is 2.48. The van der Waals surface area contributed by atoms with Gasteiger partial charge in [0.1, 0.15) is 10.2 Å². The second-order valence-corrected chi connectivity index (χ2v) is 6.32. The Labute approximate surface area is 115 Å². The maximum Gasteiger partial charge on any atom is 0.405 e. The average molecular weight is 313 g/mol. The smallest absolute Gasteiger partial charge is 0.405 e. The zero-order valence-electron chi connectivity index (χ0n) is 10.6. The highest BCUT2D eigenvalue weighted by atomic mass is 79.9. The Morgan fingerprint density at radius 1 is 1.56 bits per heavy atom. The summed E-state index contributed by atoms with van der Waals surface area (Å²) in [6.45, 7) is 3.79. The molecule has 0 aromatic carbocycles. The molecule has 98 valence electrons. The summed E-state index contributed by atoms with van der Waals surface area (Å²) in [6.07, 6.45) is 4.14. The third-order valence-corrected chi connectivity index (χ3v) is 3.80. The third-order valence-electron chi connectivity index (χ3n) is 3.33. The van der Waals surface area contributed by atoms with Crippen molar-refractivity contribution in [2.24, 2.45) is 5.73 Å². The summed E-state index contributed by atoms with van der Waals surface area (Å²) < 4.78 is 6.00. The Kier molecular flexibility index (Phi) is 3.36. The van der Waals surface area contributed by atoms with E-state index in [-0.39, 0.29) is 5.41 Å². The van der Waals surface area contributed by atoms with Crippen LogP contribution >= 0.6 is 15.9 Å². The number of hydrogen-bond donors (Lipinski definition) is 1. The number of nitrogens with zero attached hydrogens (tertiary/aromatic N) is 1. The molecular formula is C13H17BrN2O2. The van der Waals surface area contributed by atoms with Gasteiger partial charge in [0.2, 0.25) is 0 Å². The van der Waals surface area contributed by atoms with Crippen LogP contribution < -0.4 is 5.73 Å². The van der Waals surface area contributed by atoms with E-state index in [9.17, 15) is 4.79 Å². The van der Waals surface area contributed by atoms with Crippen LogP contribution in [0.2, 0.25) is 0 Å². The molecule has 4 nitrogen and oxygen atoms in total. The summed E-state index contributed by atoms with van der Waals surface area (Å²) in [5.41, 5.74) is 5.84. The molecule has 0 bridgehead atoms. The van der Waals surface area contributed by atoms with Crippen molar-refractivity contribution >= 4 is 22.0 Å². The summed E-state index contributed by atoms with van der Waals surface area (Å²) >= 11 is 3.33. The monoisotopic (exact) mass is 312 g/mol. The van der Waals surface area contributed by atoms with Gasteiger partial charge in [0.05, 0.1) is 0 Å². The van der Waals surface area contributed by atoms with E-state index in [1.807, 2.05) is 26.1 Å². The minimum atomic E-state index is -0.718. The van der Waals surface area contributed by atoms with Gasteiger partial charge in [-0.2, -0.15) is 0 Å². The number of halogens is 1. The molecule has 0 unspecified atom stereocenters. The SMILES string of the molecule is CC(C)(CC1(c2ccc(Br)nc2)CC1)OC(N)=O. The molecule has 5 heteroatoms. The fraction of sp³-hybridized carbons (Fsp3) is 0.538. The average Bonchev–Trinajstić information content (AvgIpc) is 2.96. The van der Waals surface area contributed by atoms with E-state index < -0.39 is 11.7 Å². The number of pyridine rings is 1. The van der Waals surface area contributed by atoms with Crippen molar-refractivity contribution in [3.8, 4) is 0 Å². The molecule has 1 heterocycles. The van der Waals surface area contributed by atoms with Crippen molar-refractivity contribution in [3.05, 3.63) is 28.5 Å². The van der Waals surface area contributed by atoms with E-state index in [4.69, 9.17) is 10.5 Å². The molecule has 1 fully saturated rings. The van der Waals surface area contributed by atoms with Gasteiger partial charge in [-0.05, 0) is 60.7 Å². The summed E-state index contributed by atoms with van der Waals surface area (Å²) in [7, 11) is 0. The topological polar surface area (TPSA) is 65.2 Å². The highest BCUT2D eigenvalue weighted by molar-refractivity contribution is 9.10. The molecular weight excluding hydrogens is 296 g/mol. The van der Waals surface area contributed by atoms with Gasteiger partial charge in [-0.25, -0.2) is 9.78 Å². The van der Waals surface area contributed by atoms with Crippen LogP contribution in [0, 0.1) is 0 Å². The number of ether oxygens (including phenoxy) is 1. The van der Waals surface area contributed by atoms with Crippen molar-refractivity contribution < 1.29 is 9.53 Å². The third kappa shape index (κ3) is 3.02. The van der Waals surface area contributed by atoms with Gasteiger partial charge in [-0.15, -0.1) is 0 Å². The second kappa shape index (κ2) is 4.53. The van der Waals surface area contributed by atoms with Crippen LogP contribution in [0.5, 0.6) is 0 Å². The van der Waals surface area contributed by atoms with Crippen LogP contribution in [0.4, 0.5) is 4.79 Å². The molecule has 0 aliphatic heterocycles. The first kappa shape index (κ1) is 13.3. The van der Waals surface area contributed by atoms with Crippen LogP contribution in [-0.2, 0) is 10.2 Å². The predicted octanol–water partition coefficient (Wildman–Crippen LogP) is 3.14. The van der Waals surface area contributed by atoms with E-state index in [0.29, 0.717) is 0 Å². The molecule has 1 aromatic rings. The second-order valence-electron chi connectivity index (χ2n) is 5.51. The minimum Gasteiger partial charge on any atom is -0.444 e. The largest absolute Gasteiger partial charge is 0.444 e. The molecule has 2 rings (SSSR count). The Morgan fingerprint density at radius 3 is 2.67 bits per heavy atom. The van der Waals surface area contributed by atoms with E-state index >= 15 is 0 Å². The zero-order chi connectivity index (χ0) is 13.4. The van der Waals surface area contributed by atoms with E-state index in [2.05, 4.69) is 27.0 Å². The molecule has 0 spiro atoms. The van der Waals surface area contributed by atoms with Crippen LogP contribution in [0.25, 0.3) is 0 Å². The lowest BCUT2D eigenvalue weighted by Crippen LogP contribution is -2.34. The number of rotatable bonds is 4. The summed E-state index contributed by atoms with van der Waals surface area (Å²) in [6, 6.07) is 4.02. The van der Waals surface area contributed by atoms with Gasteiger partial charge < -0.3 is 10.5 Å². The van der Waals surface area contributed by atoms with Crippen molar-refractivity contribution in [3.63, 3.8) is 0 Å². The molecule has 0 atom stereocenters. The molecule has 1 aliphatic carbocycles. The van der Waals surface area contributed by atoms with Gasteiger partial charge in [-0.1, -0.05) is 6.07 Å². The predicted molar refractivity (Wildman–Crippen MR) is 72.2 cm³/mol. The molecule has 2 N–H and O–H groups in total. The Hall–Kier alpha value is -1.10. The summed E-state index contributed by atoms with van der Waals surface area (Å²) in [5, 5.41) is 0. The molecule has 1 aromatic heterocycles. The lowest BCUT2D eigenvalue weighted by molar-refractivity contribution is 0.0313. The number of nitrogens with two attached hydrogens (primary N) is 1. The molecule has 0 radical (unpaired) electrons. The number of primary amides is 1. The maximum atomic E-state index is 10.9. The molecule has 1 amide bonds. The van der Waals surface area contributed by atoms with Crippen LogP contribution in [0.3, 0.4) is 0 Å². The Balaban J connectivity index is 2.13. The van der Waals surface area contributed by atoms with Crippen LogP contribution in [0.1, 0.15) is 38.7 Å². The standard InChI is InChI=1S/C13H17BrN2O2/c1-12(2,18-11(15)17)8-13(5-6-13)9-3-4-10(14)16-7-9/h3-4,7H,5-6,8H2,1-2H3,(H2,15,17). The Bertz CT molecular complexity index is 453. The van der Waals surface area contributed by atoms with E-state index in [0.717, 1.165) is 23.9 Å². The fourth-order valence-electron chi connectivity index (χ4n) is 2.53. The number of carbonyl (C=O) groups excluding carboxylic acids is 1. The van der Waals surface area contributed by atoms with Crippen molar-refractivity contribution in [2.75, 3.05) is 0 Å². The van der Waals surface area contributed by atoms with Crippen molar-refractivity contribution in [1.82, 2.24) is 4.98 Å². The summed E-state index contributed by atoms with van der Waals surface area (Å²) in [4.78, 5) is 15.1. The lowest BCUT2D eigenvalue weighted by atomic mass is 9.85. The number of hydrogen-bond acceptors (Lipinski definition) is 3.